The number of carbonyl (C=O) groups is 2. The molecule has 0 spiro atoms. The third kappa shape index (κ3) is 3.80. The zero-order valence-electron chi connectivity index (χ0n) is 13.2. The van der Waals surface area contributed by atoms with Gasteiger partial charge in [-0.15, -0.1) is 0 Å². The number of nitrogens with zero attached hydrogens (tertiary/aromatic N) is 1. The van der Waals surface area contributed by atoms with Crippen molar-refractivity contribution in [3.63, 3.8) is 0 Å². The molecule has 0 fully saturated rings. The molecule has 1 unspecified atom stereocenters. The number of ketones is 1. The molecule has 4 nitrogen and oxygen atoms in total. The summed E-state index contributed by atoms with van der Waals surface area (Å²) in [5, 5.41) is 2.36. The van der Waals surface area contributed by atoms with E-state index in [4.69, 9.17) is 0 Å². The summed E-state index contributed by atoms with van der Waals surface area (Å²) >= 11 is 3.00. The Kier molecular flexibility index (Phi) is 5.13. The van der Waals surface area contributed by atoms with Gasteiger partial charge in [0.25, 0.3) is 0 Å². The molecule has 1 aliphatic rings. The first kappa shape index (κ1) is 18.2. The van der Waals surface area contributed by atoms with Crippen molar-refractivity contribution in [2.24, 2.45) is 0 Å². The average molecular weight is 425 g/mol. The molecular formula is C18H12BrF3N2O2. The first-order valence-corrected chi connectivity index (χ1v) is 8.35. The van der Waals surface area contributed by atoms with Crippen LogP contribution in [0.25, 0.3) is 0 Å². The summed E-state index contributed by atoms with van der Waals surface area (Å²) < 4.78 is 40.3. The lowest BCUT2D eigenvalue weighted by Gasteiger charge is -2.31. The maximum Gasteiger partial charge on any atom is 0.326 e. The summed E-state index contributed by atoms with van der Waals surface area (Å²) in [6.07, 6.45) is 2.52. The molecule has 1 N–H and O–H groups in total. The highest BCUT2D eigenvalue weighted by Gasteiger charge is 2.29. The molecule has 2 amide bonds. The van der Waals surface area contributed by atoms with Crippen molar-refractivity contribution in [3.05, 3.63) is 76.2 Å². The fourth-order valence-electron chi connectivity index (χ4n) is 2.63. The topological polar surface area (TPSA) is 49.4 Å². The molecule has 26 heavy (non-hydrogen) atoms. The molecule has 1 heterocycles. The second-order valence-electron chi connectivity index (χ2n) is 5.64. The summed E-state index contributed by atoms with van der Waals surface area (Å²) in [6, 6.07) is 5.68. The van der Waals surface area contributed by atoms with Crippen molar-refractivity contribution in [2.45, 2.75) is 12.5 Å². The van der Waals surface area contributed by atoms with Crippen LogP contribution in [-0.4, -0.2) is 16.7 Å². The van der Waals surface area contributed by atoms with Crippen LogP contribution in [0.5, 0.6) is 0 Å². The van der Waals surface area contributed by atoms with Crippen LogP contribution in [0.2, 0.25) is 0 Å². The van der Waals surface area contributed by atoms with Gasteiger partial charge in [0.15, 0.2) is 11.6 Å². The molecule has 0 aromatic heterocycles. The smallest absolute Gasteiger partial charge is 0.304 e. The molecule has 3 rings (SSSR count). The molecule has 134 valence electrons. The molecule has 0 saturated heterocycles. The number of rotatable bonds is 2. The molecule has 1 atom stereocenters. The standard InChI is InChI=1S/C18H12BrF3N2O2/c19-14-7-12(21)8-15(22)17(14)23-18(26)24-6-5-13(25)9-16(24)10-1-3-11(20)4-2-10/h1-8,16H,9H2,(H,23,26). The number of carbonyl (C=O) groups excluding carboxylic acids is 2. The lowest BCUT2D eigenvalue weighted by Crippen LogP contribution is -2.37. The van der Waals surface area contributed by atoms with Gasteiger partial charge >= 0.3 is 6.03 Å². The summed E-state index contributed by atoms with van der Waals surface area (Å²) in [5.74, 6) is -2.38. The van der Waals surface area contributed by atoms with Gasteiger partial charge in [-0.1, -0.05) is 12.1 Å². The Hall–Kier alpha value is -2.61. The Bertz CT molecular complexity index is 877. The first-order chi connectivity index (χ1) is 12.3. The van der Waals surface area contributed by atoms with E-state index in [0.717, 1.165) is 6.07 Å². The van der Waals surface area contributed by atoms with Crippen LogP contribution in [0, 0.1) is 17.5 Å². The van der Waals surface area contributed by atoms with Crippen molar-refractivity contribution in [1.29, 1.82) is 0 Å². The number of benzene rings is 2. The van der Waals surface area contributed by atoms with Crippen LogP contribution in [0.1, 0.15) is 18.0 Å². The Morgan fingerprint density at radius 1 is 1.12 bits per heavy atom. The van der Waals surface area contributed by atoms with Crippen LogP contribution in [0.3, 0.4) is 0 Å². The second kappa shape index (κ2) is 7.33. The number of halogens is 4. The van der Waals surface area contributed by atoms with Crippen molar-refractivity contribution in [3.8, 4) is 0 Å². The number of anilines is 1. The van der Waals surface area contributed by atoms with Gasteiger partial charge in [-0.3, -0.25) is 9.69 Å². The van der Waals surface area contributed by atoms with Gasteiger partial charge in [-0.25, -0.2) is 18.0 Å². The SMILES string of the molecule is O=C1C=CN(C(=O)Nc2c(F)cc(F)cc2Br)C(c2ccc(F)cc2)C1. The van der Waals surface area contributed by atoms with Gasteiger partial charge in [0, 0.05) is 23.2 Å². The largest absolute Gasteiger partial charge is 0.326 e. The molecular weight excluding hydrogens is 413 g/mol. The minimum Gasteiger partial charge on any atom is -0.304 e. The van der Waals surface area contributed by atoms with E-state index in [9.17, 15) is 22.8 Å². The zero-order valence-corrected chi connectivity index (χ0v) is 14.8. The number of hydrogen-bond acceptors (Lipinski definition) is 2. The second-order valence-corrected chi connectivity index (χ2v) is 6.49. The van der Waals surface area contributed by atoms with E-state index in [1.165, 1.54) is 41.4 Å². The van der Waals surface area contributed by atoms with Gasteiger partial charge in [-0.05, 0) is 45.8 Å². The molecule has 0 aliphatic carbocycles. The first-order valence-electron chi connectivity index (χ1n) is 7.55. The van der Waals surface area contributed by atoms with E-state index in [-0.39, 0.29) is 22.4 Å². The lowest BCUT2D eigenvalue weighted by atomic mass is 9.97. The Balaban J connectivity index is 1.90. The summed E-state index contributed by atoms with van der Waals surface area (Å²) in [5.41, 5.74) is 0.331. The number of allylic oxidation sites excluding steroid dienone is 1. The summed E-state index contributed by atoms with van der Waals surface area (Å²) in [6.45, 7) is 0. The number of nitrogens with one attached hydrogen (secondary N) is 1. The number of hydrogen-bond donors (Lipinski definition) is 1. The third-order valence-corrected chi connectivity index (χ3v) is 4.50. The molecule has 1 aliphatic heterocycles. The number of amides is 2. The maximum absolute atomic E-state index is 13.9. The van der Waals surface area contributed by atoms with E-state index < -0.39 is 29.5 Å². The molecule has 8 heteroatoms. The monoisotopic (exact) mass is 424 g/mol. The normalized spacial score (nSPS) is 16.7. The van der Waals surface area contributed by atoms with E-state index in [1.807, 2.05) is 0 Å². The van der Waals surface area contributed by atoms with Gasteiger partial charge in [0.2, 0.25) is 0 Å². The van der Waals surface area contributed by atoms with Crippen LogP contribution in [0.15, 0.2) is 53.1 Å². The Morgan fingerprint density at radius 2 is 1.81 bits per heavy atom. The van der Waals surface area contributed by atoms with Crippen molar-refractivity contribution in [1.82, 2.24) is 4.90 Å². The Morgan fingerprint density at radius 3 is 2.46 bits per heavy atom. The number of urea groups is 1. The third-order valence-electron chi connectivity index (χ3n) is 3.88. The van der Waals surface area contributed by atoms with Gasteiger partial charge in [0.05, 0.1) is 11.7 Å². The highest BCUT2D eigenvalue weighted by atomic mass is 79.9. The van der Waals surface area contributed by atoms with Crippen LogP contribution >= 0.6 is 15.9 Å². The van der Waals surface area contributed by atoms with E-state index in [0.29, 0.717) is 11.6 Å². The van der Waals surface area contributed by atoms with Crippen molar-refractivity contribution >= 4 is 33.4 Å². The molecule has 2 aromatic rings. The van der Waals surface area contributed by atoms with Crippen molar-refractivity contribution in [2.75, 3.05) is 5.32 Å². The highest BCUT2D eigenvalue weighted by molar-refractivity contribution is 9.10. The summed E-state index contributed by atoms with van der Waals surface area (Å²) in [4.78, 5) is 25.6. The van der Waals surface area contributed by atoms with Crippen LogP contribution in [-0.2, 0) is 4.79 Å². The fraction of sp³-hybridized carbons (Fsp3) is 0.111. The summed E-state index contributed by atoms with van der Waals surface area (Å²) in [7, 11) is 0. The predicted octanol–water partition coefficient (Wildman–Crippen LogP) is 4.93. The maximum atomic E-state index is 13.9. The van der Waals surface area contributed by atoms with Gasteiger partial charge in [-0.2, -0.15) is 0 Å². The van der Waals surface area contributed by atoms with E-state index in [1.54, 1.807) is 0 Å². The lowest BCUT2D eigenvalue weighted by molar-refractivity contribution is -0.116. The minimum atomic E-state index is -0.944. The van der Waals surface area contributed by atoms with Crippen LogP contribution in [0.4, 0.5) is 23.7 Å². The molecule has 2 aromatic carbocycles. The fourth-order valence-corrected chi connectivity index (χ4v) is 3.14. The predicted molar refractivity (Wildman–Crippen MR) is 92.8 cm³/mol. The van der Waals surface area contributed by atoms with Crippen LogP contribution < -0.4 is 5.32 Å². The van der Waals surface area contributed by atoms with Crippen molar-refractivity contribution < 1.29 is 22.8 Å². The Labute approximate surface area is 155 Å². The van der Waals surface area contributed by atoms with Gasteiger partial charge < -0.3 is 5.32 Å². The average Bonchev–Trinajstić information content (AvgIpc) is 2.58. The molecule has 0 saturated carbocycles. The molecule has 0 bridgehead atoms. The zero-order chi connectivity index (χ0) is 18.8. The highest BCUT2D eigenvalue weighted by Crippen LogP contribution is 2.31. The van der Waals surface area contributed by atoms with E-state index >= 15 is 0 Å². The van der Waals surface area contributed by atoms with E-state index in [2.05, 4.69) is 21.2 Å². The molecule has 0 radical (unpaired) electrons. The minimum absolute atomic E-state index is 0.00260. The quantitative estimate of drug-likeness (QED) is 0.742. The van der Waals surface area contributed by atoms with Gasteiger partial charge in [0.1, 0.15) is 11.6 Å².